The molecule has 6 heteroatoms. The van der Waals surface area contributed by atoms with Gasteiger partial charge in [-0.3, -0.25) is 9.36 Å². The van der Waals surface area contributed by atoms with Gasteiger partial charge in [0.1, 0.15) is 5.75 Å². The van der Waals surface area contributed by atoms with Gasteiger partial charge in [0.2, 0.25) is 0 Å². The topological polar surface area (TPSA) is 78.3 Å². The third-order valence-corrected chi connectivity index (χ3v) is 4.31. The van der Waals surface area contributed by atoms with E-state index in [1.165, 1.54) is 10.6 Å². The lowest BCUT2D eigenvalue weighted by Crippen LogP contribution is -2.43. The van der Waals surface area contributed by atoms with E-state index in [1.807, 2.05) is 0 Å². The summed E-state index contributed by atoms with van der Waals surface area (Å²) < 4.78 is 1.31. The van der Waals surface area contributed by atoms with Crippen LogP contribution >= 0.6 is 0 Å². The number of aromatic amines is 1. The number of piperidine rings is 1. The molecule has 1 aromatic carbocycles. The number of para-hydroxylation sites is 1. The lowest BCUT2D eigenvalue weighted by Gasteiger charge is -2.31. The van der Waals surface area contributed by atoms with Crippen molar-refractivity contribution in [3.63, 3.8) is 0 Å². The number of hydrogen-bond acceptors (Lipinski definition) is 4. The minimum Gasteiger partial charge on any atom is -0.506 e. The van der Waals surface area contributed by atoms with E-state index >= 15 is 0 Å². The lowest BCUT2D eigenvalue weighted by molar-refractivity contribution is 0.190. The normalized spacial score (nSPS) is 17.4. The number of H-pyrrole nitrogens is 1. The highest BCUT2D eigenvalue weighted by Gasteiger charge is 2.23. The van der Waals surface area contributed by atoms with E-state index in [9.17, 15) is 14.7 Å². The summed E-state index contributed by atoms with van der Waals surface area (Å²) >= 11 is 0. The fraction of sp³-hybridized carbons (Fsp3) is 0.467. The van der Waals surface area contributed by atoms with Crippen molar-refractivity contribution < 1.29 is 5.11 Å². The third-order valence-electron chi connectivity index (χ3n) is 4.31. The van der Waals surface area contributed by atoms with Crippen molar-refractivity contribution in [1.82, 2.24) is 14.5 Å². The molecule has 1 saturated heterocycles. The van der Waals surface area contributed by atoms with Gasteiger partial charge in [-0.15, -0.1) is 0 Å². The van der Waals surface area contributed by atoms with E-state index in [4.69, 9.17) is 0 Å². The Hall–Kier alpha value is -2.08. The van der Waals surface area contributed by atoms with Crippen LogP contribution in [-0.2, 0) is 0 Å². The number of aromatic nitrogens is 2. The maximum atomic E-state index is 12.6. The maximum Gasteiger partial charge on any atom is 0.329 e. The van der Waals surface area contributed by atoms with Gasteiger partial charge in [0, 0.05) is 19.1 Å². The van der Waals surface area contributed by atoms with Crippen LogP contribution in [0, 0.1) is 0 Å². The molecule has 2 heterocycles. The Bertz CT molecular complexity index is 770. The first kappa shape index (κ1) is 13.9. The standard InChI is InChI=1S/C15H19N3O3/c1-2-17-8-6-10(7-9-17)18-14(20)11-4-3-5-12(19)13(11)16-15(18)21/h3-5,10,19H,2,6-9H2,1H3,(H,16,21). The Morgan fingerprint density at radius 2 is 2.00 bits per heavy atom. The van der Waals surface area contributed by atoms with Crippen LogP contribution in [0.3, 0.4) is 0 Å². The SMILES string of the molecule is CCN1CCC(n2c(=O)[nH]c3c(O)cccc3c2=O)CC1. The molecule has 1 aromatic heterocycles. The second kappa shape index (κ2) is 5.37. The van der Waals surface area contributed by atoms with Crippen LogP contribution in [0.2, 0.25) is 0 Å². The summed E-state index contributed by atoms with van der Waals surface area (Å²) in [7, 11) is 0. The molecule has 0 amide bonds. The number of nitrogens with zero attached hydrogens (tertiary/aromatic N) is 2. The summed E-state index contributed by atoms with van der Waals surface area (Å²) in [5, 5.41) is 10.1. The van der Waals surface area contributed by atoms with Gasteiger partial charge >= 0.3 is 5.69 Å². The number of hydrogen-bond donors (Lipinski definition) is 2. The van der Waals surface area contributed by atoms with E-state index in [0.717, 1.165) is 32.5 Å². The molecule has 0 radical (unpaired) electrons. The van der Waals surface area contributed by atoms with Gasteiger partial charge in [-0.1, -0.05) is 13.0 Å². The van der Waals surface area contributed by atoms with Crippen LogP contribution in [0.1, 0.15) is 25.8 Å². The highest BCUT2D eigenvalue weighted by molar-refractivity contribution is 5.82. The molecule has 1 fully saturated rings. The highest BCUT2D eigenvalue weighted by Crippen LogP contribution is 2.22. The zero-order chi connectivity index (χ0) is 15.0. The number of aromatic hydroxyl groups is 1. The summed E-state index contributed by atoms with van der Waals surface area (Å²) in [6.07, 6.45) is 1.59. The molecule has 0 aliphatic carbocycles. The minimum atomic E-state index is -0.441. The van der Waals surface area contributed by atoms with E-state index in [2.05, 4.69) is 16.8 Å². The molecule has 0 saturated carbocycles. The van der Waals surface area contributed by atoms with Gasteiger partial charge in [-0.05, 0) is 31.5 Å². The van der Waals surface area contributed by atoms with Gasteiger partial charge in [-0.2, -0.15) is 0 Å². The van der Waals surface area contributed by atoms with E-state index in [-0.39, 0.29) is 22.9 Å². The number of fused-ring (bicyclic) bond motifs is 1. The molecule has 2 aromatic rings. The third kappa shape index (κ3) is 2.35. The number of nitrogens with one attached hydrogen (secondary N) is 1. The minimum absolute atomic E-state index is 0.0733. The maximum absolute atomic E-state index is 12.6. The fourth-order valence-corrected chi connectivity index (χ4v) is 3.06. The molecule has 0 spiro atoms. The van der Waals surface area contributed by atoms with E-state index in [0.29, 0.717) is 5.39 Å². The van der Waals surface area contributed by atoms with Gasteiger partial charge in [0.25, 0.3) is 5.56 Å². The second-order valence-corrected chi connectivity index (χ2v) is 5.47. The summed E-state index contributed by atoms with van der Waals surface area (Å²) in [5.41, 5.74) is -0.543. The summed E-state index contributed by atoms with van der Waals surface area (Å²) in [4.78, 5) is 29.8. The lowest BCUT2D eigenvalue weighted by atomic mass is 10.0. The first-order chi connectivity index (χ1) is 10.1. The molecule has 0 unspecified atom stereocenters. The van der Waals surface area contributed by atoms with Crippen molar-refractivity contribution in [1.29, 1.82) is 0 Å². The smallest absolute Gasteiger partial charge is 0.329 e. The van der Waals surface area contributed by atoms with Gasteiger partial charge in [0.15, 0.2) is 0 Å². The quantitative estimate of drug-likeness (QED) is 0.866. The van der Waals surface area contributed by atoms with Crippen molar-refractivity contribution in [2.45, 2.75) is 25.8 Å². The van der Waals surface area contributed by atoms with Crippen LogP contribution in [0.25, 0.3) is 10.9 Å². The Morgan fingerprint density at radius 1 is 1.29 bits per heavy atom. The Labute approximate surface area is 121 Å². The predicted octanol–water partition coefficient (Wildman–Crippen LogP) is 1.05. The molecular formula is C15H19N3O3. The molecule has 0 bridgehead atoms. The van der Waals surface area contributed by atoms with Gasteiger partial charge < -0.3 is 15.0 Å². The second-order valence-electron chi connectivity index (χ2n) is 5.47. The number of likely N-dealkylation sites (tertiary alicyclic amines) is 1. The summed E-state index contributed by atoms with van der Waals surface area (Å²) in [6.45, 7) is 4.89. The number of rotatable bonds is 2. The largest absolute Gasteiger partial charge is 0.506 e. The first-order valence-electron chi connectivity index (χ1n) is 7.30. The zero-order valence-electron chi connectivity index (χ0n) is 12.0. The number of benzene rings is 1. The zero-order valence-corrected chi connectivity index (χ0v) is 12.0. The molecule has 2 N–H and O–H groups in total. The van der Waals surface area contributed by atoms with Crippen molar-refractivity contribution in [2.24, 2.45) is 0 Å². The van der Waals surface area contributed by atoms with Gasteiger partial charge in [0.05, 0.1) is 10.9 Å². The van der Waals surface area contributed by atoms with E-state index in [1.54, 1.807) is 12.1 Å². The molecule has 3 rings (SSSR count). The number of phenolic OH excluding ortho intramolecular Hbond substituents is 1. The van der Waals surface area contributed by atoms with Crippen molar-refractivity contribution in [2.75, 3.05) is 19.6 Å². The fourth-order valence-electron chi connectivity index (χ4n) is 3.06. The first-order valence-corrected chi connectivity index (χ1v) is 7.30. The highest BCUT2D eigenvalue weighted by atomic mass is 16.3. The van der Waals surface area contributed by atoms with Crippen molar-refractivity contribution in [3.8, 4) is 5.75 Å². The molecule has 1 aliphatic rings. The van der Waals surface area contributed by atoms with Crippen LogP contribution in [0.5, 0.6) is 5.75 Å². The van der Waals surface area contributed by atoms with Crippen molar-refractivity contribution >= 4 is 10.9 Å². The van der Waals surface area contributed by atoms with Gasteiger partial charge in [-0.25, -0.2) is 4.79 Å². The predicted molar refractivity (Wildman–Crippen MR) is 80.9 cm³/mol. The molecule has 112 valence electrons. The van der Waals surface area contributed by atoms with Crippen LogP contribution < -0.4 is 11.2 Å². The average Bonchev–Trinajstić information content (AvgIpc) is 2.49. The Balaban J connectivity index is 2.08. The van der Waals surface area contributed by atoms with Crippen LogP contribution in [0.15, 0.2) is 27.8 Å². The Kier molecular flexibility index (Phi) is 3.55. The molecule has 21 heavy (non-hydrogen) atoms. The molecule has 0 atom stereocenters. The molecule has 1 aliphatic heterocycles. The molecular weight excluding hydrogens is 270 g/mol. The molecule has 6 nitrogen and oxygen atoms in total. The van der Waals surface area contributed by atoms with Crippen molar-refractivity contribution in [3.05, 3.63) is 39.0 Å². The average molecular weight is 289 g/mol. The van der Waals surface area contributed by atoms with Crippen LogP contribution in [-0.4, -0.2) is 39.2 Å². The number of phenols is 1. The summed E-state index contributed by atoms with van der Waals surface area (Å²) in [5.74, 6) is -0.0744. The summed E-state index contributed by atoms with van der Waals surface area (Å²) in [6, 6.07) is 4.63. The Morgan fingerprint density at radius 3 is 2.67 bits per heavy atom. The van der Waals surface area contributed by atoms with Crippen LogP contribution in [0.4, 0.5) is 0 Å². The van der Waals surface area contributed by atoms with E-state index < -0.39 is 5.69 Å². The monoisotopic (exact) mass is 289 g/mol.